The largest absolute Gasteiger partial charge is 0.291 e. The average Bonchev–Trinajstić information content (AvgIpc) is 3.59. The van der Waals surface area contributed by atoms with E-state index in [-0.39, 0.29) is 5.69 Å². The highest BCUT2D eigenvalue weighted by atomic mass is 16.2. The molecule has 11 nitrogen and oxygen atoms in total. The van der Waals surface area contributed by atoms with Crippen molar-refractivity contribution in [2.75, 3.05) is 0 Å². The maximum Gasteiger partial charge on any atom is 0.291 e. The molecule has 0 saturated carbocycles. The fourth-order valence-corrected chi connectivity index (χ4v) is 3.24. The first-order valence-electron chi connectivity index (χ1n) is 10.7. The van der Waals surface area contributed by atoms with Gasteiger partial charge in [-0.2, -0.15) is 14.7 Å². The first kappa shape index (κ1) is 21.6. The molecule has 0 aliphatic carbocycles. The zero-order valence-corrected chi connectivity index (χ0v) is 18.3. The summed E-state index contributed by atoms with van der Waals surface area (Å²) in [6.07, 6.45) is 1.32. The summed E-state index contributed by atoms with van der Waals surface area (Å²) in [5.41, 5.74) is 7.66. The van der Waals surface area contributed by atoms with E-state index < -0.39 is 11.8 Å². The Hall–Kier alpha value is -5.19. The van der Waals surface area contributed by atoms with Crippen molar-refractivity contribution in [1.82, 2.24) is 46.1 Å². The third-order valence-corrected chi connectivity index (χ3v) is 5.03. The van der Waals surface area contributed by atoms with E-state index in [0.717, 1.165) is 11.1 Å². The molecule has 3 aromatic carbocycles. The van der Waals surface area contributed by atoms with E-state index in [1.807, 2.05) is 60.7 Å². The molecular weight excluding hydrogens is 446 g/mol. The highest BCUT2D eigenvalue weighted by molar-refractivity contribution is 5.98. The molecule has 2 heterocycles. The number of aromatic nitrogens is 7. The lowest BCUT2D eigenvalue weighted by Crippen LogP contribution is -2.41. The zero-order chi connectivity index (χ0) is 24.0. The van der Waals surface area contributed by atoms with Crippen LogP contribution in [0.2, 0.25) is 0 Å². The van der Waals surface area contributed by atoms with Gasteiger partial charge in [0.25, 0.3) is 11.8 Å². The minimum atomic E-state index is -0.580. The molecule has 0 saturated heterocycles. The number of amides is 2. The second kappa shape index (κ2) is 9.75. The van der Waals surface area contributed by atoms with E-state index in [2.05, 4.69) is 36.5 Å². The number of benzene rings is 3. The first-order valence-corrected chi connectivity index (χ1v) is 10.7. The monoisotopic (exact) mass is 465 g/mol. The number of carbonyl (C=O) groups is 2. The van der Waals surface area contributed by atoms with Gasteiger partial charge in [-0.25, -0.2) is 0 Å². The number of para-hydroxylation sites is 1. The van der Waals surface area contributed by atoms with Crippen LogP contribution in [0.4, 0.5) is 0 Å². The number of nitrogens with zero attached hydrogens (tertiary/aromatic N) is 7. The zero-order valence-electron chi connectivity index (χ0n) is 18.3. The van der Waals surface area contributed by atoms with E-state index in [9.17, 15) is 9.59 Å². The molecule has 0 unspecified atom stereocenters. The Morgan fingerprint density at radius 3 is 2.20 bits per heavy atom. The van der Waals surface area contributed by atoms with E-state index in [4.69, 9.17) is 0 Å². The number of hydrogen-bond acceptors (Lipinski definition) is 7. The Bertz CT molecular complexity index is 1450. The Morgan fingerprint density at radius 2 is 1.46 bits per heavy atom. The van der Waals surface area contributed by atoms with Gasteiger partial charge in [-0.05, 0) is 35.0 Å². The molecule has 172 valence electrons. The van der Waals surface area contributed by atoms with Crippen LogP contribution in [0.3, 0.4) is 0 Å². The van der Waals surface area contributed by atoms with E-state index in [0.29, 0.717) is 23.6 Å². The molecule has 35 heavy (non-hydrogen) atoms. The van der Waals surface area contributed by atoms with Crippen molar-refractivity contribution in [1.29, 1.82) is 0 Å². The topological polar surface area (TPSA) is 133 Å². The minimum absolute atomic E-state index is 0.0692. The molecule has 11 heteroatoms. The maximum atomic E-state index is 12.4. The quantitative estimate of drug-likeness (QED) is 0.367. The normalized spacial score (nSPS) is 10.6. The van der Waals surface area contributed by atoms with Gasteiger partial charge in [0.15, 0.2) is 5.69 Å². The Balaban J connectivity index is 1.16. The molecule has 5 aromatic rings. The Kier molecular flexibility index (Phi) is 6.03. The fraction of sp³-hybridized carbons (Fsp3) is 0.0417. The Labute approximate surface area is 199 Å². The maximum absolute atomic E-state index is 12.4. The molecular formula is C24H19N9O2. The second-order valence-corrected chi connectivity index (χ2v) is 7.47. The van der Waals surface area contributed by atoms with Crippen molar-refractivity contribution in [3.05, 3.63) is 108 Å². The summed E-state index contributed by atoms with van der Waals surface area (Å²) in [6.45, 7) is 0.398. The summed E-state index contributed by atoms with van der Waals surface area (Å²) in [7, 11) is 0. The van der Waals surface area contributed by atoms with E-state index in [1.165, 1.54) is 15.8 Å². The molecule has 0 fully saturated rings. The van der Waals surface area contributed by atoms with Crippen LogP contribution in [0.15, 0.2) is 91.1 Å². The number of tetrazole rings is 1. The van der Waals surface area contributed by atoms with Crippen molar-refractivity contribution >= 4 is 11.8 Å². The smallest absolute Gasteiger partial charge is 0.267 e. The van der Waals surface area contributed by atoms with Gasteiger partial charge in [0.1, 0.15) is 0 Å². The van der Waals surface area contributed by atoms with Crippen LogP contribution in [0.1, 0.15) is 26.4 Å². The van der Waals surface area contributed by atoms with E-state index >= 15 is 0 Å². The number of hydrogen-bond donors (Lipinski definition) is 2. The summed E-state index contributed by atoms with van der Waals surface area (Å²) in [5, 5.41) is 20.7. The number of rotatable bonds is 6. The van der Waals surface area contributed by atoms with Gasteiger partial charge in [0.2, 0.25) is 5.82 Å². The summed E-state index contributed by atoms with van der Waals surface area (Å²) in [6, 6.07) is 25.6. The molecule has 2 N–H and O–H groups in total. The van der Waals surface area contributed by atoms with Crippen LogP contribution in [0.5, 0.6) is 0 Å². The van der Waals surface area contributed by atoms with Crippen molar-refractivity contribution < 1.29 is 9.59 Å². The number of hydrazine groups is 1. The van der Waals surface area contributed by atoms with Gasteiger partial charge in [-0.1, -0.05) is 60.7 Å². The van der Waals surface area contributed by atoms with Crippen molar-refractivity contribution in [2.24, 2.45) is 0 Å². The lowest BCUT2D eigenvalue weighted by molar-refractivity contribution is 0.0843. The van der Waals surface area contributed by atoms with Gasteiger partial charge in [0.05, 0.1) is 18.4 Å². The highest BCUT2D eigenvalue weighted by Crippen LogP contribution is 2.13. The highest BCUT2D eigenvalue weighted by Gasteiger charge is 2.13. The van der Waals surface area contributed by atoms with Gasteiger partial charge in [-0.15, -0.1) is 15.3 Å². The molecule has 0 aliphatic rings. The number of carbonyl (C=O) groups excluding carboxylic acids is 2. The molecule has 0 bridgehead atoms. The van der Waals surface area contributed by atoms with Crippen LogP contribution in [0, 0.1) is 0 Å². The standard InChI is InChI=1S/C24H19N9O2/c34-23(27-28-24(35)21-15-25-33(29-21)20-9-5-2-6-10-20)19-13-11-17(12-14-19)16-32-30-22(26-31-32)18-7-3-1-4-8-18/h1-15H,16H2,(H,27,34)(H,28,35). The van der Waals surface area contributed by atoms with E-state index in [1.54, 1.807) is 24.3 Å². The summed E-state index contributed by atoms with van der Waals surface area (Å²) >= 11 is 0. The van der Waals surface area contributed by atoms with Crippen molar-refractivity contribution in [3.8, 4) is 17.1 Å². The van der Waals surface area contributed by atoms with Crippen molar-refractivity contribution in [2.45, 2.75) is 6.54 Å². The van der Waals surface area contributed by atoms with Crippen LogP contribution >= 0.6 is 0 Å². The third-order valence-electron chi connectivity index (χ3n) is 5.03. The minimum Gasteiger partial charge on any atom is -0.267 e. The lowest BCUT2D eigenvalue weighted by Gasteiger charge is -2.07. The summed E-state index contributed by atoms with van der Waals surface area (Å²) in [4.78, 5) is 27.6. The van der Waals surface area contributed by atoms with Crippen LogP contribution in [-0.4, -0.2) is 47.0 Å². The molecule has 2 aromatic heterocycles. The molecule has 0 radical (unpaired) electrons. The fourth-order valence-electron chi connectivity index (χ4n) is 3.24. The molecule has 0 atom stereocenters. The average molecular weight is 465 g/mol. The SMILES string of the molecule is O=C(NNC(=O)c1cnn(-c2ccccc2)n1)c1ccc(Cn2nnc(-c3ccccc3)n2)cc1. The van der Waals surface area contributed by atoms with Gasteiger partial charge >= 0.3 is 0 Å². The summed E-state index contributed by atoms with van der Waals surface area (Å²) < 4.78 is 0. The van der Waals surface area contributed by atoms with Crippen LogP contribution in [0.25, 0.3) is 17.1 Å². The molecule has 2 amide bonds. The first-order chi connectivity index (χ1) is 17.2. The molecule has 0 aliphatic heterocycles. The van der Waals surface area contributed by atoms with Gasteiger partial charge in [0, 0.05) is 11.1 Å². The number of nitrogens with one attached hydrogen (secondary N) is 2. The van der Waals surface area contributed by atoms with Crippen LogP contribution < -0.4 is 10.9 Å². The predicted molar refractivity (Wildman–Crippen MR) is 125 cm³/mol. The molecule has 0 spiro atoms. The van der Waals surface area contributed by atoms with Crippen molar-refractivity contribution in [3.63, 3.8) is 0 Å². The van der Waals surface area contributed by atoms with Gasteiger partial charge < -0.3 is 0 Å². The predicted octanol–water partition coefficient (Wildman–Crippen LogP) is 2.04. The molecule has 5 rings (SSSR count). The third kappa shape index (κ3) is 5.09. The second-order valence-electron chi connectivity index (χ2n) is 7.47. The summed E-state index contributed by atoms with van der Waals surface area (Å²) in [5.74, 6) is -0.504. The van der Waals surface area contributed by atoms with Crippen LogP contribution in [-0.2, 0) is 6.54 Å². The van der Waals surface area contributed by atoms with Gasteiger partial charge in [-0.3, -0.25) is 20.4 Å². The Morgan fingerprint density at radius 1 is 0.771 bits per heavy atom. The lowest BCUT2D eigenvalue weighted by atomic mass is 10.1.